The fourth-order valence-electron chi connectivity index (χ4n) is 0.427. The number of nitrogens with one attached hydrogen (secondary N) is 1. The molecule has 3 nitrogen and oxygen atoms in total. The van der Waals surface area contributed by atoms with Crippen molar-refractivity contribution in [3.8, 4) is 5.88 Å². The van der Waals surface area contributed by atoms with Crippen LogP contribution in [0.3, 0.4) is 0 Å². The van der Waals surface area contributed by atoms with Gasteiger partial charge in [0.25, 0.3) is 5.88 Å². The summed E-state index contributed by atoms with van der Waals surface area (Å²) in [5.74, 6) is -2.54. The zero-order chi connectivity index (χ0) is 6.85. The summed E-state index contributed by atoms with van der Waals surface area (Å²) < 4.78 is 28.4. The van der Waals surface area contributed by atoms with Crippen molar-refractivity contribution >= 4 is 0 Å². The molecule has 0 aliphatic rings. The van der Waals surface area contributed by atoms with E-state index >= 15 is 0 Å². The highest BCUT2D eigenvalue weighted by Crippen LogP contribution is 2.13. The molecule has 0 spiro atoms. The van der Waals surface area contributed by atoms with E-state index < -0.39 is 11.8 Å². The average Bonchev–Trinajstić information content (AvgIpc) is 2.15. The van der Waals surface area contributed by atoms with Gasteiger partial charge >= 0.3 is 0 Å². The maximum atomic E-state index is 12.2. The first kappa shape index (κ1) is 6.00. The van der Waals surface area contributed by atoms with Gasteiger partial charge in [0.15, 0.2) is 0 Å². The highest BCUT2D eigenvalue weighted by atomic mass is 19.2. The summed E-state index contributed by atoms with van der Waals surface area (Å²) in [6.07, 6.45) is 0. The van der Waals surface area contributed by atoms with Gasteiger partial charge in [0.1, 0.15) is 0 Å². The molecule has 0 aromatic carbocycles. The zero-order valence-corrected chi connectivity index (χ0v) is 4.61. The standard InChI is InChI=1S/C4H4F2N2O/c1-9-4-2(5)3(6)7-8-4/h1H3,(H,7,8). The molecule has 0 amide bonds. The Kier molecular flexibility index (Phi) is 1.33. The Morgan fingerprint density at radius 2 is 2.22 bits per heavy atom. The first-order valence-corrected chi connectivity index (χ1v) is 2.19. The Labute approximate surface area is 49.6 Å². The van der Waals surface area contributed by atoms with Crippen molar-refractivity contribution in [3.63, 3.8) is 0 Å². The first-order chi connectivity index (χ1) is 4.25. The van der Waals surface area contributed by atoms with Gasteiger partial charge in [-0.3, -0.25) is 0 Å². The Morgan fingerprint density at radius 1 is 1.56 bits per heavy atom. The topological polar surface area (TPSA) is 37.9 Å². The third kappa shape index (κ3) is 0.847. The second-order valence-electron chi connectivity index (χ2n) is 1.36. The largest absolute Gasteiger partial charge is 0.478 e. The molecule has 5 heteroatoms. The van der Waals surface area contributed by atoms with Crippen LogP contribution in [0.5, 0.6) is 5.88 Å². The van der Waals surface area contributed by atoms with Crippen molar-refractivity contribution < 1.29 is 13.5 Å². The van der Waals surface area contributed by atoms with E-state index in [-0.39, 0.29) is 5.88 Å². The van der Waals surface area contributed by atoms with Crippen LogP contribution in [-0.2, 0) is 0 Å². The Balaban J connectivity index is 3.04. The van der Waals surface area contributed by atoms with Crippen LogP contribution in [-0.4, -0.2) is 17.3 Å². The number of aromatic nitrogens is 2. The molecule has 1 heterocycles. The molecule has 9 heavy (non-hydrogen) atoms. The number of methoxy groups -OCH3 is 1. The molecule has 0 atom stereocenters. The summed E-state index contributed by atoms with van der Waals surface area (Å²) >= 11 is 0. The lowest BCUT2D eigenvalue weighted by Crippen LogP contribution is -1.84. The van der Waals surface area contributed by atoms with Gasteiger partial charge in [0, 0.05) is 0 Å². The minimum atomic E-state index is -1.10. The van der Waals surface area contributed by atoms with E-state index in [2.05, 4.69) is 9.84 Å². The van der Waals surface area contributed by atoms with Crippen molar-refractivity contribution in [2.24, 2.45) is 0 Å². The molecule has 0 aliphatic carbocycles. The number of rotatable bonds is 1. The first-order valence-electron chi connectivity index (χ1n) is 2.19. The van der Waals surface area contributed by atoms with E-state index in [1.165, 1.54) is 7.11 Å². The molecule has 0 aliphatic heterocycles. The second-order valence-corrected chi connectivity index (χ2v) is 1.36. The van der Waals surface area contributed by atoms with Crippen LogP contribution in [0, 0.1) is 11.8 Å². The third-order valence-electron chi connectivity index (χ3n) is 0.829. The quantitative estimate of drug-likeness (QED) is 0.613. The van der Waals surface area contributed by atoms with Gasteiger partial charge in [-0.25, -0.2) is 5.10 Å². The lowest BCUT2D eigenvalue weighted by Gasteiger charge is -1.87. The van der Waals surface area contributed by atoms with Crippen molar-refractivity contribution in [2.75, 3.05) is 7.11 Å². The van der Waals surface area contributed by atoms with Crippen molar-refractivity contribution in [1.29, 1.82) is 0 Å². The SMILES string of the molecule is COc1n[nH]c(F)c1F. The number of H-pyrrole nitrogens is 1. The van der Waals surface area contributed by atoms with Crippen LogP contribution in [0.1, 0.15) is 0 Å². The maximum absolute atomic E-state index is 12.2. The van der Waals surface area contributed by atoms with Crippen LogP contribution in [0.2, 0.25) is 0 Å². The van der Waals surface area contributed by atoms with E-state index in [1.807, 2.05) is 0 Å². The Hall–Kier alpha value is -1.13. The Morgan fingerprint density at radius 3 is 2.44 bits per heavy atom. The van der Waals surface area contributed by atoms with Crippen molar-refractivity contribution in [2.45, 2.75) is 0 Å². The van der Waals surface area contributed by atoms with Crippen LogP contribution >= 0.6 is 0 Å². The molecule has 0 fully saturated rings. The second kappa shape index (κ2) is 2.00. The zero-order valence-electron chi connectivity index (χ0n) is 4.61. The van der Waals surface area contributed by atoms with E-state index in [0.29, 0.717) is 0 Å². The lowest BCUT2D eigenvalue weighted by atomic mass is 10.6. The summed E-state index contributed by atoms with van der Waals surface area (Å²) in [4.78, 5) is 0. The molecular weight excluding hydrogens is 130 g/mol. The van der Waals surface area contributed by atoms with Crippen LogP contribution in [0.25, 0.3) is 0 Å². The average molecular weight is 134 g/mol. The minimum absolute atomic E-state index is 0.354. The summed E-state index contributed by atoms with van der Waals surface area (Å²) in [6.45, 7) is 0. The van der Waals surface area contributed by atoms with Crippen LogP contribution in [0.15, 0.2) is 0 Å². The van der Waals surface area contributed by atoms with Gasteiger partial charge in [-0.1, -0.05) is 0 Å². The van der Waals surface area contributed by atoms with Gasteiger partial charge in [0.05, 0.1) is 7.11 Å². The summed E-state index contributed by atoms with van der Waals surface area (Å²) in [5.41, 5.74) is 0. The molecule has 50 valence electrons. The van der Waals surface area contributed by atoms with E-state index in [0.717, 1.165) is 0 Å². The molecule has 0 unspecified atom stereocenters. The van der Waals surface area contributed by atoms with Gasteiger partial charge in [-0.2, -0.15) is 8.78 Å². The van der Waals surface area contributed by atoms with Crippen molar-refractivity contribution in [1.82, 2.24) is 10.2 Å². The molecule has 1 aromatic heterocycles. The normalized spacial score (nSPS) is 9.67. The number of hydrogen-bond acceptors (Lipinski definition) is 2. The van der Waals surface area contributed by atoms with Gasteiger partial charge in [0.2, 0.25) is 11.8 Å². The maximum Gasteiger partial charge on any atom is 0.272 e. The fourth-order valence-corrected chi connectivity index (χ4v) is 0.427. The monoisotopic (exact) mass is 134 g/mol. The number of nitrogens with zero attached hydrogens (tertiary/aromatic N) is 1. The number of aromatic amines is 1. The van der Waals surface area contributed by atoms with E-state index in [1.54, 1.807) is 5.10 Å². The molecular formula is C4H4F2N2O. The number of halogens is 2. The molecule has 1 aromatic rings. The molecule has 1 N–H and O–H groups in total. The fraction of sp³-hybridized carbons (Fsp3) is 0.250. The van der Waals surface area contributed by atoms with E-state index in [4.69, 9.17) is 0 Å². The summed E-state index contributed by atoms with van der Waals surface area (Å²) in [7, 11) is 1.21. The number of ether oxygens (including phenoxy) is 1. The van der Waals surface area contributed by atoms with Gasteiger partial charge in [-0.05, 0) is 0 Å². The highest BCUT2D eigenvalue weighted by molar-refractivity contribution is 5.09. The van der Waals surface area contributed by atoms with Crippen molar-refractivity contribution in [3.05, 3.63) is 11.8 Å². The summed E-state index contributed by atoms with van der Waals surface area (Å²) in [5, 5.41) is 4.91. The lowest BCUT2D eigenvalue weighted by molar-refractivity contribution is 0.367. The van der Waals surface area contributed by atoms with E-state index in [9.17, 15) is 8.78 Å². The smallest absolute Gasteiger partial charge is 0.272 e. The molecule has 0 radical (unpaired) electrons. The summed E-state index contributed by atoms with van der Waals surface area (Å²) in [6, 6.07) is 0. The van der Waals surface area contributed by atoms with Gasteiger partial charge in [-0.15, -0.1) is 5.10 Å². The third-order valence-corrected chi connectivity index (χ3v) is 0.829. The molecule has 1 rings (SSSR count). The molecule has 0 bridgehead atoms. The van der Waals surface area contributed by atoms with Crippen LogP contribution < -0.4 is 4.74 Å². The predicted molar refractivity (Wildman–Crippen MR) is 25.1 cm³/mol. The highest BCUT2D eigenvalue weighted by Gasteiger charge is 2.11. The predicted octanol–water partition coefficient (Wildman–Crippen LogP) is 0.696. The molecule has 0 saturated carbocycles. The van der Waals surface area contributed by atoms with Crippen LogP contribution in [0.4, 0.5) is 8.78 Å². The molecule has 0 saturated heterocycles. The number of hydrogen-bond donors (Lipinski definition) is 1. The van der Waals surface area contributed by atoms with Gasteiger partial charge < -0.3 is 4.74 Å². The minimum Gasteiger partial charge on any atom is -0.478 e. The Bertz CT molecular complexity index is 210.